The van der Waals surface area contributed by atoms with E-state index in [4.69, 9.17) is 18.3 Å². The molecule has 1 atom stereocenters. The minimum atomic E-state index is -0.454. The first-order chi connectivity index (χ1) is 16.1. The molecule has 0 bridgehead atoms. The third-order valence-corrected chi connectivity index (χ3v) is 5.64. The van der Waals surface area contributed by atoms with Crippen LogP contribution in [0.3, 0.4) is 0 Å². The second kappa shape index (κ2) is 8.97. The zero-order valence-corrected chi connectivity index (χ0v) is 18.2. The van der Waals surface area contributed by atoms with Crippen molar-refractivity contribution in [3.8, 4) is 23.1 Å². The molecule has 2 amide bonds. The summed E-state index contributed by atoms with van der Waals surface area (Å²) in [7, 11) is 0. The number of carbonyl (C=O) groups is 2. The molecule has 10 heteroatoms. The number of anilines is 1. The second-order valence-electron chi connectivity index (χ2n) is 7.97. The van der Waals surface area contributed by atoms with Crippen molar-refractivity contribution in [3.05, 3.63) is 42.5 Å². The average Bonchev–Trinajstić information content (AvgIpc) is 3.59. The molecule has 0 aliphatic carbocycles. The zero-order chi connectivity index (χ0) is 22.8. The number of rotatable bonds is 7. The maximum atomic E-state index is 13.3. The Hall–Kier alpha value is -3.82. The van der Waals surface area contributed by atoms with Gasteiger partial charge in [-0.1, -0.05) is 6.92 Å². The highest BCUT2D eigenvalue weighted by molar-refractivity contribution is 6.00. The quantitative estimate of drug-likeness (QED) is 0.538. The molecule has 2 aliphatic heterocycles. The van der Waals surface area contributed by atoms with Gasteiger partial charge in [-0.2, -0.15) is 0 Å². The van der Waals surface area contributed by atoms with E-state index in [2.05, 4.69) is 10.2 Å². The van der Waals surface area contributed by atoms with Crippen LogP contribution in [0, 0.1) is 5.92 Å². The largest absolute Gasteiger partial charge is 0.486 e. The number of nitrogens with zero attached hydrogens (tertiary/aromatic N) is 4. The maximum Gasteiger partial charge on any atom is 0.283 e. The lowest BCUT2D eigenvalue weighted by atomic mass is 10.1. The summed E-state index contributed by atoms with van der Waals surface area (Å²) < 4.78 is 22.1. The van der Waals surface area contributed by atoms with Gasteiger partial charge >= 0.3 is 0 Å². The van der Waals surface area contributed by atoms with E-state index >= 15 is 0 Å². The molecule has 1 fully saturated rings. The minimum absolute atomic E-state index is 0.0978. The van der Waals surface area contributed by atoms with Gasteiger partial charge in [-0.05, 0) is 30.7 Å². The van der Waals surface area contributed by atoms with Gasteiger partial charge in [-0.15, -0.1) is 10.2 Å². The van der Waals surface area contributed by atoms with Gasteiger partial charge in [0.15, 0.2) is 17.3 Å². The Morgan fingerprint density at radius 2 is 2.03 bits per heavy atom. The third kappa shape index (κ3) is 4.28. The Morgan fingerprint density at radius 1 is 1.18 bits per heavy atom. The fourth-order valence-corrected chi connectivity index (χ4v) is 4.10. The lowest BCUT2D eigenvalue weighted by Crippen LogP contribution is -2.37. The molecule has 0 saturated carbocycles. The SMILES string of the molecule is CCCN(Cc1nnc(-c2ccco2)o1)C(=O)C1CC(=O)N(c2ccc3c(c2)OCCO3)C1. The Kier molecular flexibility index (Phi) is 5.72. The first-order valence-electron chi connectivity index (χ1n) is 11.0. The minimum Gasteiger partial charge on any atom is -0.486 e. The Balaban J connectivity index is 1.28. The van der Waals surface area contributed by atoms with Crippen LogP contribution >= 0.6 is 0 Å². The Morgan fingerprint density at radius 3 is 2.82 bits per heavy atom. The molecule has 10 nitrogen and oxygen atoms in total. The highest BCUT2D eigenvalue weighted by Crippen LogP contribution is 2.36. The van der Waals surface area contributed by atoms with E-state index in [0.717, 1.165) is 6.42 Å². The Labute approximate surface area is 190 Å². The molecular weight excluding hydrogens is 428 g/mol. The Bertz CT molecular complexity index is 1140. The summed E-state index contributed by atoms with van der Waals surface area (Å²) in [5.74, 6) is 1.66. The van der Waals surface area contributed by atoms with E-state index in [1.54, 1.807) is 34.1 Å². The zero-order valence-electron chi connectivity index (χ0n) is 18.2. The van der Waals surface area contributed by atoms with Crippen molar-refractivity contribution in [1.29, 1.82) is 0 Å². The van der Waals surface area contributed by atoms with Crippen LogP contribution in [-0.2, 0) is 16.1 Å². The van der Waals surface area contributed by atoms with Crippen LogP contribution in [0.15, 0.2) is 45.4 Å². The summed E-state index contributed by atoms with van der Waals surface area (Å²) in [6.07, 6.45) is 2.43. The van der Waals surface area contributed by atoms with Crippen molar-refractivity contribution in [3.63, 3.8) is 0 Å². The lowest BCUT2D eigenvalue weighted by molar-refractivity contribution is -0.136. The van der Waals surface area contributed by atoms with Gasteiger partial charge in [-0.25, -0.2) is 0 Å². The van der Waals surface area contributed by atoms with E-state index in [-0.39, 0.29) is 30.7 Å². The van der Waals surface area contributed by atoms with Gasteiger partial charge in [0.2, 0.25) is 17.7 Å². The van der Waals surface area contributed by atoms with Gasteiger partial charge in [0.1, 0.15) is 13.2 Å². The predicted octanol–water partition coefficient (Wildman–Crippen LogP) is 2.89. The van der Waals surface area contributed by atoms with E-state index in [1.807, 2.05) is 13.0 Å². The van der Waals surface area contributed by atoms with E-state index in [1.165, 1.54) is 6.26 Å². The number of ether oxygens (including phenoxy) is 2. The van der Waals surface area contributed by atoms with Crippen molar-refractivity contribution in [2.24, 2.45) is 5.92 Å². The number of furan rings is 1. The van der Waals surface area contributed by atoms with Crippen molar-refractivity contribution in [2.45, 2.75) is 26.3 Å². The summed E-state index contributed by atoms with van der Waals surface area (Å²) in [5.41, 5.74) is 0.696. The van der Waals surface area contributed by atoms with Gasteiger partial charge in [0.25, 0.3) is 5.89 Å². The summed E-state index contributed by atoms with van der Waals surface area (Å²) in [4.78, 5) is 29.4. The van der Waals surface area contributed by atoms with E-state index in [0.29, 0.717) is 55.1 Å². The maximum absolute atomic E-state index is 13.3. The average molecular weight is 452 g/mol. The number of benzene rings is 1. The van der Waals surface area contributed by atoms with Crippen LogP contribution in [0.25, 0.3) is 11.7 Å². The molecule has 172 valence electrons. The van der Waals surface area contributed by atoms with Crippen molar-refractivity contribution in [2.75, 3.05) is 31.2 Å². The number of amides is 2. The number of fused-ring (bicyclic) bond motifs is 1. The molecular formula is C23H24N4O6. The van der Waals surface area contributed by atoms with Crippen LogP contribution in [0.4, 0.5) is 5.69 Å². The molecule has 33 heavy (non-hydrogen) atoms. The van der Waals surface area contributed by atoms with Gasteiger partial charge in [-0.3, -0.25) is 9.59 Å². The van der Waals surface area contributed by atoms with Crippen LogP contribution in [0.1, 0.15) is 25.7 Å². The second-order valence-corrected chi connectivity index (χ2v) is 7.97. The molecule has 1 saturated heterocycles. The van der Waals surface area contributed by atoms with Gasteiger partial charge in [0, 0.05) is 31.3 Å². The number of carbonyl (C=O) groups excluding carboxylic acids is 2. The van der Waals surface area contributed by atoms with Crippen molar-refractivity contribution in [1.82, 2.24) is 15.1 Å². The van der Waals surface area contributed by atoms with Crippen LogP contribution in [-0.4, -0.2) is 53.2 Å². The number of hydrogen-bond acceptors (Lipinski definition) is 8. The molecule has 1 unspecified atom stereocenters. The highest BCUT2D eigenvalue weighted by Gasteiger charge is 2.38. The molecule has 5 rings (SSSR count). The predicted molar refractivity (Wildman–Crippen MR) is 116 cm³/mol. The van der Waals surface area contributed by atoms with Crippen molar-refractivity contribution >= 4 is 17.5 Å². The smallest absolute Gasteiger partial charge is 0.283 e. The number of hydrogen-bond donors (Lipinski definition) is 0. The molecule has 4 heterocycles. The monoisotopic (exact) mass is 452 g/mol. The molecule has 0 radical (unpaired) electrons. The van der Waals surface area contributed by atoms with Gasteiger partial charge < -0.3 is 28.1 Å². The van der Waals surface area contributed by atoms with Crippen molar-refractivity contribution < 1.29 is 27.9 Å². The first-order valence-corrected chi connectivity index (χ1v) is 11.0. The first kappa shape index (κ1) is 21.0. The summed E-state index contributed by atoms with van der Waals surface area (Å²) >= 11 is 0. The molecule has 1 aromatic carbocycles. The van der Waals surface area contributed by atoms with E-state index < -0.39 is 5.92 Å². The van der Waals surface area contributed by atoms with Crippen LogP contribution in [0.2, 0.25) is 0 Å². The molecule has 2 aliphatic rings. The summed E-state index contributed by atoms with van der Waals surface area (Å²) in [6, 6.07) is 8.86. The molecule has 0 N–H and O–H groups in total. The fraction of sp³-hybridized carbons (Fsp3) is 0.391. The topological polar surface area (TPSA) is 111 Å². The van der Waals surface area contributed by atoms with Crippen LogP contribution < -0.4 is 14.4 Å². The van der Waals surface area contributed by atoms with Crippen LogP contribution in [0.5, 0.6) is 11.5 Å². The van der Waals surface area contributed by atoms with E-state index in [9.17, 15) is 9.59 Å². The standard InChI is InChI=1S/C23H24N4O6/c1-2-7-26(14-20-24-25-22(33-20)18-4-3-8-30-18)23(29)15-11-21(28)27(13-15)16-5-6-17-19(12-16)32-10-9-31-17/h3-6,8,12,15H,2,7,9-11,13-14H2,1H3. The normalized spacial score (nSPS) is 17.4. The summed E-state index contributed by atoms with van der Waals surface area (Å²) in [5, 5.41) is 8.04. The fourth-order valence-electron chi connectivity index (χ4n) is 4.10. The molecule has 3 aromatic rings. The lowest BCUT2D eigenvalue weighted by Gasteiger charge is -2.24. The molecule has 0 spiro atoms. The van der Waals surface area contributed by atoms with Gasteiger partial charge in [0.05, 0.1) is 18.7 Å². The third-order valence-electron chi connectivity index (χ3n) is 5.64. The molecule has 2 aromatic heterocycles. The summed E-state index contributed by atoms with van der Waals surface area (Å²) in [6.45, 7) is 3.96. The highest BCUT2D eigenvalue weighted by atomic mass is 16.6. The number of aromatic nitrogens is 2.